The van der Waals surface area contributed by atoms with Crippen molar-refractivity contribution in [1.82, 2.24) is 4.98 Å². The van der Waals surface area contributed by atoms with E-state index in [9.17, 15) is 21.6 Å². The summed E-state index contributed by atoms with van der Waals surface area (Å²) < 4.78 is 69.9. The van der Waals surface area contributed by atoms with E-state index < -0.39 is 22.0 Å². The Morgan fingerprint density at radius 2 is 1.53 bits per heavy atom. The first-order valence-electron chi connectivity index (χ1n) is 8.63. The highest BCUT2D eigenvalue weighted by atomic mass is 35.5. The highest BCUT2D eigenvalue weighted by Gasteiger charge is 2.38. The Bertz CT molecular complexity index is 1080. The second kappa shape index (κ2) is 8.93. The molecule has 3 aromatic rings. The van der Waals surface area contributed by atoms with Crippen LogP contribution in [-0.2, 0) is 16.6 Å². The van der Waals surface area contributed by atoms with Crippen LogP contribution in [0.5, 0.6) is 11.5 Å². The van der Waals surface area contributed by atoms with Gasteiger partial charge in [-0.2, -0.15) is 13.2 Å². The van der Waals surface area contributed by atoms with Crippen LogP contribution in [-0.4, -0.2) is 25.3 Å². The van der Waals surface area contributed by atoms with Crippen LogP contribution >= 0.6 is 11.6 Å². The molecule has 0 aliphatic rings. The van der Waals surface area contributed by atoms with Crippen molar-refractivity contribution in [1.29, 1.82) is 0 Å². The third-order valence-corrected chi connectivity index (χ3v) is 5.84. The summed E-state index contributed by atoms with van der Waals surface area (Å²) in [6, 6.07) is 17.1. The van der Waals surface area contributed by atoms with Gasteiger partial charge >= 0.3 is 6.18 Å². The normalized spacial score (nSPS) is 11.9. The number of alkyl halides is 3. The molecule has 3 rings (SSSR count). The molecule has 10 heteroatoms. The van der Waals surface area contributed by atoms with Gasteiger partial charge in [-0.25, -0.2) is 8.42 Å². The molecule has 2 aromatic carbocycles. The fourth-order valence-corrected chi connectivity index (χ4v) is 4.06. The average molecular weight is 457 g/mol. The Kier molecular flexibility index (Phi) is 6.52. The summed E-state index contributed by atoms with van der Waals surface area (Å²) in [6.07, 6.45) is -3.44. The number of halogens is 4. The fourth-order valence-electron chi connectivity index (χ4n) is 2.59. The number of pyridine rings is 1. The third-order valence-electron chi connectivity index (χ3n) is 3.89. The Hall–Kier alpha value is -2.78. The Morgan fingerprint density at radius 3 is 2.07 bits per heavy atom. The fraction of sp³-hybridized carbons (Fsp3) is 0.150. The van der Waals surface area contributed by atoms with E-state index in [1.165, 1.54) is 36.5 Å². The van der Waals surface area contributed by atoms with Crippen molar-refractivity contribution >= 4 is 27.3 Å². The summed E-state index contributed by atoms with van der Waals surface area (Å²) in [7, 11) is -4.69. The van der Waals surface area contributed by atoms with Crippen LogP contribution in [0.4, 0.5) is 18.9 Å². The summed E-state index contributed by atoms with van der Waals surface area (Å²) in [6.45, 7) is -0.337. The number of sulfonamides is 1. The summed E-state index contributed by atoms with van der Waals surface area (Å²) in [5.74, 6) is -1.09. The van der Waals surface area contributed by atoms with Gasteiger partial charge in [-0.1, -0.05) is 17.7 Å². The second-order valence-corrected chi connectivity index (χ2v) is 8.58. The first-order valence-corrected chi connectivity index (χ1v) is 10.6. The first kappa shape index (κ1) is 21.9. The highest BCUT2D eigenvalue weighted by molar-refractivity contribution is 7.92. The first-order chi connectivity index (χ1) is 14.1. The van der Waals surface area contributed by atoms with Crippen molar-refractivity contribution in [3.63, 3.8) is 0 Å². The van der Waals surface area contributed by atoms with Crippen LogP contribution in [0.1, 0.15) is 5.69 Å². The zero-order valence-electron chi connectivity index (χ0n) is 15.4. The maximum atomic E-state index is 12.9. The molecule has 0 aliphatic carbocycles. The molecular formula is C20H16ClF3N2O3S. The molecule has 0 amide bonds. The minimum absolute atomic E-state index is 0.0633. The topological polar surface area (TPSA) is 59.5 Å². The molecule has 1 aromatic heterocycles. The van der Waals surface area contributed by atoms with Gasteiger partial charge in [-0.3, -0.25) is 9.29 Å². The van der Waals surface area contributed by atoms with Crippen molar-refractivity contribution in [2.45, 2.75) is 12.7 Å². The Labute approximate surface area is 176 Å². The molecule has 0 saturated heterocycles. The number of anilines is 1. The van der Waals surface area contributed by atoms with Gasteiger partial charge in [-0.15, -0.1) is 0 Å². The summed E-state index contributed by atoms with van der Waals surface area (Å²) in [5.41, 5.74) is 0.373. The zero-order valence-corrected chi connectivity index (χ0v) is 17.0. The number of hydrogen-bond acceptors (Lipinski definition) is 4. The number of rotatable bonds is 7. The maximum absolute atomic E-state index is 12.9. The lowest BCUT2D eigenvalue weighted by molar-refractivity contribution is -0.106. The van der Waals surface area contributed by atoms with E-state index in [0.29, 0.717) is 26.5 Å². The molecule has 0 fully saturated rings. The molecule has 5 nitrogen and oxygen atoms in total. The molecule has 1 heterocycles. The van der Waals surface area contributed by atoms with Gasteiger partial charge in [0.05, 0.1) is 17.9 Å². The Morgan fingerprint density at radius 1 is 0.933 bits per heavy atom. The largest absolute Gasteiger partial charge is 0.457 e. The SMILES string of the molecule is O=S(=O)(CC(F)(F)F)N(Cc1ccccn1)c1ccc(Oc2ccc(Cl)cc2)cc1. The number of benzene rings is 2. The summed E-state index contributed by atoms with van der Waals surface area (Å²) >= 11 is 5.82. The van der Waals surface area contributed by atoms with E-state index in [1.54, 1.807) is 36.4 Å². The van der Waals surface area contributed by atoms with E-state index in [2.05, 4.69) is 4.98 Å². The summed E-state index contributed by atoms with van der Waals surface area (Å²) in [5, 5.41) is 0.540. The molecule has 30 heavy (non-hydrogen) atoms. The second-order valence-electron chi connectivity index (χ2n) is 6.25. The van der Waals surface area contributed by atoms with Gasteiger partial charge in [0.1, 0.15) is 11.5 Å². The van der Waals surface area contributed by atoms with Crippen molar-refractivity contribution in [2.75, 3.05) is 10.1 Å². The number of nitrogens with zero attached hydrogens (tertiary/aromatic N) is 2. The minimum Gasteiger partial charge on any atom is -0.457 e. The van der Waals surface area contributed by atoms with Crippen LogP contribution in [0, 0.1) is 0 Å². The van der Waals surface area contributed by atoms with Gasteiger partial charge in [0.2, 0.25) is 10.0 Å². The predicted octanol–water partition coefficient (Wildman–Crippen LogP) is 5.43. The quantitative estimate of drug-likeness (QED) is 0.476. The molecule has 0 unspecified atom stereocenters. The van der Waals surface area contributed by atoms with Crippen molar-refractivity contribution in [3.05, 3.63) is 83.6 Å². The molecule has 0 aliphatic heterocycles. The van der Waals surface area contributed by atoms with Crippen molar-refractivity contribution < 1.29 is 26.3 Å². The maximum Gasteiger partial charge on any atom is 0.404 e. The molecule has 0 atom stereocenters. The lowest BCUT2D eigenvalue weighted by Crippen LogP contribution is -2.37. The van der Waals surface area contributed by atoms with Gasteiger partial charge in [0, 0.05) is 11.2 Å². The van der Waals surface area contributed by atoms with Crippen LogP contribution in [0.3, 0.4) is 0 Å². The molecule has 0 radical (unpaired) electrons. The lowest BCUT2D eigenvalue weighted by Gasteiger charge is -2.25. The highest BCUT2D eigenvalue weighted by Crippen LogP contribution is 2.29. The summed E-state index contributed by atoms with van der Waals surface area (Å²) in [4.78, 5) is 4.01. The van der Waals surface area contributed by atoms with E-state index in [1.807, 2.05) is 0 Å². The molecule has 0 bridgehead atoms. The van der Waals surface area contributed by atoms with Gasteiger partial charge in [-0.05, 0) is 60.7 Å². The van der Waals surface area contributed by atoms with E-state index >= 15 is 0 Å². The van der Waals surface area contributed by atoms with Crippen LogP contribution < -0.4 is 9.04 Å². The standard InChI is InChI=1S/C20H16ClF3N2O3S/c21-15-4-8-18(9-5-15)29-19-10-6-17(7-11-19)26(13-16-3-1-2-12-25-16)30(27,28)14-20(22,23)24/h1-12H,13-14H2. The zero-order chi connectivity index (χ0) is 21.8. The number of aromatic nitrogens is 1. The molecular weight excluding hydrogens is 441 g/mol. The number of hydrogen-bond donors (Lipinski definition) is 0. The molecule has 0 saturated carbocycles. The lowest BCUT2D eigenvalue weighted by atomic mass is 10.3. The van der Waals surface area contributed by atoms with Gasteiger partial charge in [0.15, 0.2) is 5.75 Å². The Balaban J connectivity index is 1.87. The van der Waals surface area contributed by atoms with Gasteiger partial charge < -0.3 is 4.74 Å². The van der Waals surface area contributed by atoms with E-state index in [0.717, 1.165) is 0 Å². The minimum atomic E-state index is -4.88. The third kappa shape index (κ3) is 6.11. The molecule has 0 N–H and O–H groups in total. The molecule has 158 valence electrons. The number of ether oxygens (including phenoxy) is 1. The monoisotopic (exact) mass is 456 g/mol. The van der Waals surface area contributed by atoms with E-state index in [-0.39, 0.29) is 12.2 Å². The van der Waals surface area contributed by atoms with Crippen LogP contribution in [0.2, 0.25) is 5.02 Å². The predicted molar refractivity (Wildman–Crippen MR) is 108 cm³/mol. The van der Waals surface area contributed by atoms with E-state index in [4.69, 9.17) is 16.3 Å². The van der Waals surface area contributed by atoms with Crippen molar-refractivity contribution in [2.24, 2.45) is 0 Å². The van der Waals surface area contributed by atoms with Gasteiger partial charge in [0.25, 0.3) is 0 Å². The average Bonchev–Trinajstić information content (AvgIpc) is 2.68. The van der Waals surface area contributed by atoms with Crippen molar-refractivity contribution in [3.8, 4) is 11.5 Å². The molecule has 0 spiro atoms. The van der Waals surface area contributed by atoms with Crippen LogP contribution in [0.15, 0.2) is 72.9 Å². The van der Waals surface area contributed by atoms with Crippen LogP contribution in [0.25, 0.3) is 0 Å². The smallest absolute Gasteiger partial charge is 0.404 e.